The van der Waals surface area contributed by atoms with E-state index in [1.807, 2.05) is 31.3 Å². The lowest BCUT2D eigenvalue weighted by molar-refractivity contribution is 0.415. The fourth-order valence-corrected chi connectivity index (χ4v) is 2.07. The van der Waals surface area contributed by atoms with Crippen LogP contribution >= 0.6 is 0 Å². The monoisotopic (exact) mass is 269 g/mol. The van der Waals surface area contributed by atoms with Crippen LogP contribution in [0.25, 0.3) is 21.8 Å². The Hall–Kier alpha value is -2.33. The minimum atomic E-state index is 0.583. The van der Waals surface area contributed by atoms with Gasteiger partial charge >= 0.3 is 0 Å². The van der Waals surface area contributed by atoms with Crippen molar-refractivity contribution in [2.24, 2.45) is 5.73 Å². The maximum atomic E-state index is 5.21. The van der Waals surface area contributed by atoms with Crippen LogP contribution in [-0.4, -0.2) is 23.6 Å². The number of aromatic amines is 1. The van der Waals surface area contributed by atoms with Gasteiger partial charge in [-0.3, -0.25) is 4.98 Å². The Labute approximate surface area is 118 Å². The van der Waals surface area contributed by atoms with Crippen molar-refractivity contribution in [3.05, 3.63) is 48.8 Å². The number of aryl methyl sites for hydroxylation is 1. The van der Waals surface area contributed by atoms with Gasteiger partial charge in [0.1, 0.15) is 5.75 Å². The number of hydrogen-bond acceptors (Lipinski definition) is 3. The summed E-state index contributed by atoms with van der Waals surface area (Å²) in [6.45, 7) is 5.95. The molecule has 0 saturated carbocycles. The van der Waals surface area contributed by atoms with E-state index in [1.165, 1.54) is 10.8 Å². The molecule has 4 nitrogen and oxygen atoms in total. The largest absolute Gasteiger partial charge is 0.497 e. The predicted molar refractivity (Wildman–Crippen MR) is 84.1 cm³/mol. The highest BCUT2D eigenvalue weighted by Gasteiger charge is 2.06. The first-order valence-electron chi connectivity index (χ1n) is 6.43. The van der Waals surface area contributed by atoms with Crippen LogP contribution in [0.15, 0.2) is 43.1 Å². The summed E-state index contributed by atoms with van der Waals surface area (Å²) in [6, 6.07) is 8.10. The molecule has 0 radical (unpaired) electrons. The standard InChI is InChI=1S/C13H12N2O.C3H7N/c1-8-13-11(5-6-14-8)10-4-3-9(16-2)7-12(10)15-13;1-2-3-4/h3-7,15H,1-2H3;2H,1,3-4H2. The quantitative estimate of drug-likeness (QED) is 0.702. The van der Waals surface area contributed by atoms with Crippen molar-refractivity contribution in [2.45, 2.75) is 6.92 Å². The second kappa shape index (κ2) is 6.21. The number of nitrogens with one attached hydrogen (secondary N) is 1. The van der Waals surface area contributed by atoms with Gasteiger partial charge < -0.3 is 15.5 Å². The Morgan fingerprint density at radius 3 is 2.75 bits per heavy atom. The van der Waals surface area contributed by atoms with E-state index in [2.05, 4.69) is 22.6 Å². The van der Waals surface area contributed by atoms with Crippen LogP contribution in [0.4, 0.5) is 0 Å². The minimum absolute atomic E-state index is 0.583. The zero-order chi connectivity index (χ0) is 14.5. The Balaban J connectivity index is 0.000000328. The average Bonchev–Trinajstić information content (AvgIpc) is 2.86. The van der Waals surface area contributed by atoms with Gasteiger partial charge in [0, 0.05) is 29.6 Å². The molecule has 0 fully saturated rings. The lowest BCUT2D eigenvalue weighted by atomic mass is 10.1. The maximum absolute atomic E-state index is 5.21. The molecule has 3 rings (SSSR count). The molecule has 3 aromatic rings. The number of pyridine rings is 1. The van der Waals surface area contributed by atoms with E-state index in [9.17, 15) is 0 Å². The van der Waals surface area contributed by atoms with Crippen molar-refractivity contribution >= 4 is 21.8 Å². The third-order valence-corrected chi connectivity index (χ3v) is 3.08. The fraction of sp³-hybridized carbons (Fsp3) is 0.188. The van der Waals surface area contributed by atoms with E-state index in [-0.39, 0.29) is 0 Å². The highest BCUT2D eigenvalue weighted by atomic mass is 16.5. The number of hydrogen-bond donors (Lipinski definition) is 2. The normalized spacial score (nSPS) is 10.2. The maximum Gasteiger partial charge on any atom is 0.120 e. The van der Waals surface area contributed by atoms with Gasteiger partial charge in [0.25, 0.3) is 0 Å². The topological polar surface area (TPSA) is 63.9 Å². The Kier molecular flexibility index (Phi) is 4.38. The Morgan fingerprint density at radius 1 is 1.35 bits per heavy atom. The fourth-order valence-electron chi connectivity index (χ4n) is 2.07. The van der Waals surface area contributed by atoms with Gasteiger partial charge in [-0.15, -0.1) is 6.58 Å². The summed E-state index contributed by atoms with van der Waals surface area (Å²) >= 11 is 0. The number of H-pyrrole nitrogens is 1. The third-order valence-electron chi connectivity index (χ3n) is 3.08. The summed E-state index contributed by atoms with van der Waals surface area (Å²) in [5.41, 5.74) is 8.12. The molecular formula is C16H19N3O. The van der Waals surface area contributed by atoms with E-state index in [0.717, 1.165) is 22.5 Å². The zero-order valence-corrected chi connectivity index (χ0v) is 11.8. The van der Waals surface area contributed by atoms with E-state index in [1.54, 1.807) is 13.2 Å². The first kappa shape index (κ1) is 14.1. The van der Waals surface area contributed by atoms with Crippen LogP contribution in [0, 0.1) is 6.92 Å². The van der Waals surface area contributed by atoms with E-state index in [0.29, 0.717) is 6.54 Å². The smallest absolute Gasteiger partial charge is 0.120 e. The van der Waals surface area contributed by atoms with Gasteiger partial charge in [-0.2, -0.15) is 0 Å². The molecular weight excluding hydrogens is 250 g/mol. The molecule has 1 aromatic carbocycles. The summed E-state index contributed by atoms with van der Waals surface area (Å²) < 4.78 is 5.21. The van der Waals surface area contributed by atoms with Gasteiger partial charge in [0.15, 0.2) is 0 Å². The molecule has 0 atom stereocenters. The number of benzene rings is 1. The van der Waals surface area contributed by atoms with Gasteiger partial charge in [-0.25, -0.2) is 0 Å². The zero-order valence-electron chi connectivity index (χ0n) is 11.8. The second-order valence-electron chi connectivity index (χ2n) is 4.38. The highest BCUT2D eigenvalue weighted by molar-refractivity contribution is 6.08. The molecule has 0 aliphatic heterocycles. The molecule has 0 aliphatic carbocycles. The van der Waals surface area contributed by atoms with Crippen LogP contribution in [-0.2, 0) is 0 Å². The number of fused-ring (bicyclic) bond motifs is 3. The summed E-state index contributed by atoms with van der Waals surface area (Å²) in [5.74, 6) is 0.865. The number of ether oxygens (including phenoxy) is 1. The third kappa shape index (κ3) is 2.65. The first-order chi connectivity index (χ1) is 9.71. The summed E-state index contributed by atoms with van der Waals surface area (Å²) in [6.07, 6.45) is 3.50. The average molecular weight is 269 g/mol. The first-order valence-corrected chi connectivity index (χ1v) is 6.43. The van der Waals surface area contributed by atoms with E-state index < -0.39 is 0 Å². The molecule has 0 aliphatic rings. The molecule has 2 aromatic heterocycles. The van der Waals surface area contributed by atoms with Crippen LogP contribution < -0.4 is 10.5 Å². The number of nitrogens with zero attached hydrogens (tertiary/aromatic N) is 1. The van der Waals surface area contributed by atoms with Crippen molar-refractivity contribution in [3.8, 4) is 5.75 Å². The van der Waals surface area contributed by atoms with Crippen LogP contribution in [0.2, 0.25) is 0 Å². The molecule has 0 bridgehead atoms. The number of methoxy groups -OCH3 is 1. The summed E-state index contributed by atoms with van der Waals surface area (Å²) in [7, 11) is 1.68. The second-order valence-corrected chi connectivity index (χ2v) is 4.38. The number of aromatic nitrogens is 2. The van der Waals surface area contributed by atoms with Crippen molar-refractivity contribution in [1.82, 2.24) is 9.97 Å². The Bertz CT molecular complexity index is 731. The molecule has 104 valence electrons. The van der Waals surface area contributed by atoms with Crippen molar-refractivity contribution in [2.75, 3.05) is 13.7 Å². The lowest BCUT2D eigenvalue weighted by Gasteiger charge is -1.98. The van der Waals surface area contributed by atoms with Crippen molar-refractivity contribution in [3.63, 3.8) is 0 Å². The van der Waals surface area contributed by atoms with Crippen molar-refractivity contribution < 1.29 is 4.74 Å². The molecule has 0 unspecified atom stereocenters. The van der Waals surface area contributed by atoms with Crippen LogP contribution in [0.1, 0.15) is 5.69 Å². The molecule has 0 spiro atoms. The predicted octanol–water partition coefficient (Wildman–Crippen LogP) is 3.16. The van der Waals surface area contributed by atoms with Crippen molar-refractivity contribution in [1.29, 1.82) is 0 Å². The minimum Gasteiger partial charge on any atom is -0.497 e. The molecule has 4 heteroatoms. The summed E-state index contributed by atoms with van der Waals surface area (Å²) in [5, 5.41) is 2.42. The van der Waals surface area contributed by atoms with Crippen LogP contribution in [0.3, 0.4) is 0 Å². The van der Waals surface area contributed by atoms with Gasteiger partial charge in [0.2, 0.25) is 0 Å². The molecule has 20 heavy (non-hydrogen) atoms. The van der Waals surface area contributed by atoms with Gasteiger partial charge in [0.05, 0.1) is 23.8 Å². The molecule has 0 saturated heterocycles. The highest BCUT2D eigenvalue weighted by Crippen LogP contribution is 2.28. The van der Waals surface area contributed by atoms with E-state index in [4.69, 9.17) is 10.5 Å². The summed E-state index contributed by atoms with van der Waals surface area (Å²) in [4.78, 5) is 7.66. The van der Waals surface area contributed by atoms with Gasteiger partial charge in [-0.05, 0) is 25.1 Å². The molecule has 3 N–H and O–H groups in total. The SMILES string of the molecule is C=CCN.COc1ccc2c(c1)[nH]c1c(C)nccc12. The number of rotatable bonds is 2. The Morgan fingerprint density at radius 2 is 2.10 bits per heavy atom. The lowest BCUT2D eigenvalue weighted by Crippen LogP contribution is -1.90. The molecule has 0 amide bonds. The van der Waals surface area contributed by atoms with E-state index >= 15 is 0 Å². The number of nitrogens with two attached hydrogens (primary N) is 1. The van der Waals surface area contributed by atoms with Gasteiger partial charge in [-0.1, -0.05) is 6.08 Å². The van der Waals surface area contributed by atoms with Crippen LogP contribution in [0.5, 0.6) is 5.75 Å². The molecule has 2 heterocycles.